The van der Waals surface area contributed by atoms with E-state index < -0.39 is 0 Å². The predicted octanol–water partition coefficient (Wildman–Crippen LogP) is 6.05. The van der Waals surface area contributed by atoms with E-state index in [2.05, 4.69) is 27.7 Å². The molecular formula is C26H46O2. The SMILES string of the molecule is CC[C@@H]1C2CCCCC2(C)C2CCC3(C)C(CCC3[C@H](C)CC(C)O)C2[C@@H]1O. The molecule has 0 aromatic carbocycles. The van der Waals surface area contributed by atoms with Gasteiger partial charge in [-0.3, -0.25) is 0 Å². The molecule has 0 saturated heterocycles. The average molecular weight is 391 g/mol. The topological polar surface area (TPSA) is 40.5 Å². The molecule has 0 radical (unpaired) electrons. The molecule has 0 aromatic heterocycles. The van der Waals surface area contributed by atoms with Gasteiger partial charge >= 0.3 is 0 Å². The molecule has 2 heteroatoms. The van der Waals surface area contributed by atoms with E-state index in [4.69, 9.17) is 0 Å². The van der Waals surface area contributed by atoms with Gasteiger partial charge in [-0.15, -0.1) is 0 Å². The Kier molecular flexibility index (Phi) is 5.71. The molecule has 11 atom stereocenters. The van der Waals surface area contributed by atoms with Crippen molar-refractivity contribution in [2.24, 2.45) is 52.3 Å². The Morgan fingerprint density at radius 2 is 1.61 bits per heavy atom. The van der Waals surface area contributed by atoms with Crippen LogP contribution in [0.4, 0.5) is 0 Å². The average Bonchev–Trinajstić information content (AvgIpc) is 2.99. The van der Waals surface area contributed by atoms with E-state index in [0.717, 1.165) is 30.6 Å². The van der Waals surface area contributed by atoms with Crippen LogP contribution in [0.1, 0.15) is 98.8 Å². The van der Waals surface area contributed by atoms with Gasteiger partial charge in [-0.2, -0.15) is 0 Å². The third-order valence-electron chi connectivity index (χ3n) is 10.8. The van der Waals surface area contributed by atoms with Crippen LogP contribution in [0.2, 0.25) is 0 Å². The molecule has 162 valence electrons. The highest BCUT2D eigenvalue weighted by atomic mass is 16.3. The van der Waals surface area contributed by atoms with Gasteiger partial charge in [0.1, 0.15) is 0 Å². The van der Waals surface area contributed by atoms with E-state index in [1.54, 1.807) is 0 Å². The summed E-state index contributed by atoms with van der Waals surface area (Å²) in [4.78, 5) is 0. The van der Waals surface area contributed by atoms with Crippen molar-refractivity contribution in [1.29, 1.82) is 0 Å². The fourth-order valence-electron chi connectivity index (χ4n) is 9.72. The van der Waals surface area contributed by atoms with Crippen LogP contribution in [0.3, 0.4) is 0 Å². The molecule has 4 rings (SSSR count). The first-order valence-corrected chi connectivity index (χ1v) is 12.6. The van der Waals surface area contributed by atoms with Crippen LogP contribution in [-0.4, -0.2) is 22.4 Å². The number of hydrogen-bond donors (Lipinski definition) is 2. The smallest absolute Gasteiger partial charge is 0.0605 e. The maximum Gasteiger partial charge on any atom is 0.0605 e. The van der Waals surface area contributed by atoms with E-state index >= 15 is 0 Å². The van der Waals surface area contributed by atoms with Crippen LogP contribution >= 0.6 is 0 Å². The van der Waals surface area contributed by atoms with Gasteiger partial charge in [0.25, 0.3) is 0 Å². The molecule has 0 aliphatic heterocycles. The second-order valence-corrected chi connectivity index (χ2v) is 12.0. The third kappa shape index (κ3) is 3.03. The Morgan fingerprint density at radius 3 is 2.29 bits per heavy atom. The monoisotopic (exact) mass is 390 g/mol. The van der Waals surface area contributed by atoms with Gasteiger partial charge in [0.05, 0.1) is 12.2 Å². The highest BCUT2D eigenvalue weighted by Gasteiger charge is 2.64. The molecule has 0 aromatic rings. The van der Waals surface area contributed by atoms with Crippen LogP contribution in [0.5, 0.6) is 0 Å². The highest BCUT2D eigenvalue weighted by Crippen LogP contribution is 2.69. The lowest BCUT2D eigenvalue weighted by Crippen LogP contribution is -2.61. The van der Waals surface area contributed by atoms with Crippen molar-refractivity contribution in [3.8, 4) is 0 Å². The van der Waals surface area contributed by atoms with E-state index in [0.29, 0.717) is 34.5 Å². The van der Waals surface area contributed by atoms with Crippen molar-refractivity contribution in [1.82, 2.24) is 0 Å². The second kappa shape index (κ2) is 7.56. The zero-order valence-electron chi connectivity index (χ0n) is 19.2. The van der Waals surface area contributed by atoms with Gasteiger partial charge in [0, 0.05) is 0 Å². The molecule has 0 heterocycles. The zero-order chi connectivity index (χ0) is 20.3. The Balaban J connectivity index is 1.65. The van der Waals surface area contributed by atoms with Crippen molar-refractivity contribution in [3.05, 3.63) is 0 Å². The van der Waals surface area contributed by atoms with Gasteiger partial charge in [-0.1, -0.05) is 47.0 Å². The van der Waals surface area contributed by atoms with E-state index in [9.17, 15) is 10.2 Å². The Labute approximate surface area is 173 Å². The minimum atomic E-state index is -0.194. The number of rotatable bonds is 4. The zero-order valence-corrected chi connectivity index (χ0v) is 19.2. The van der Waals surface area contributed by atoms with E-state index in [-0.39, 0.29) is 12.2 Å². The Morgan fingerprint density at radius 1 is 0.893 bits per heavy atom. The maximum absolute atomic E-state index is 11.7. The summed E-state index contributed by atoms with van der Waals surface area (Å²) in [6.45, 7) is 11.8. The quantitative estimate of drug-likeness (QED) is 0.613. The molecule has 2 N–H and O–H groups in total. The molecule has 28 heavy (non-hydrogen) atoms. The minimum Gasteiger partial charge on any atom is -0.393 e. The molecular weight excluding hydrogens is 344 g/mol. The molecule has 4 fully saturated rings. The fraction of sp³-hybridized carbons (Fsp3) is 1.00. The summed E-state index contributed by atoms with van der Waals surface area (Å²) < 4.78 is 0. The molecule has 4 saturated carbocycles. The molecule has 8 unspecified atom stereocenters. The number of hydrogen-bond acceptors (Lipinski definition) is 2. The number of aliphatic hydroxyl groups excluding tert-OH is 2. The van der Waals surface area contributed by atoms with Gasteiger partial charge in [0.15, 0.2) is 0 Å². The molecule has 4 aliphatic rings. The van der Waals surface area contributed by atoms with Crippen LogP contribution in [-0.2, 0) is 0 Å². The normalized spacial score (nSPS) is 53.0. The van der Waals surface area contributed by atoms with Crippen LogP contribution in [0.15, 0.2) is 0 Å². The van der Waals surface area contributed by atoms with Crippen molar-refractivity contribution in [3.63, 3.8) is 0 Å². The summed E-state index contributed by atoms with van der Waals surface area (Å²) in [6.07, 6.45) is 12.6. The van der Waals surface area contributed by atoms with Gasteiger partial charge in [-0.05, 0) is 104 Å². The third-order valence-corrected chi connectivity index (χ3v) is 10.8. The summed E-state index contributed by atoms with van der Waals surface area (Å²) in [5.41, 5.74) is 0.833. The van der Waals surface area contributed by atoms with Gasteiger partial charge < -0.3 is 10.2 Å². The van der Waals surface area contributed by atoms with Crippen LogP contribution in [0.25, 0.3) is 0 Å². The van der Waals surface area contributed by atoms with Crippen molar-refractivity contribution >= 4 is 0 Å². The molecule has 4 aliphatic carbocycles. The standard InChI is InChI=1S/C26H46O2/c1-6-18-20-9-7-8-13-25(20,4)22-12-14-26(5)19(16(2)15-17(3)27)10-11-21(26)23(22)24(18)28/h16-24,27-28H,6-15H2,1-5H3/t16-,17?,18-,19?,20?,21?,22?,23?,24-,25?,26?/m1/s1. The molecule has 0 bridgehead atoms. The lowest BCUT2D eigenvalue weighted by molar-refractivity contribution is -0.194. The first-order valence-electron chi connectivity index (χ1n) is 12.6. The Bertz CT molecular complexity index is 559. The molecule has 0 amide bonds. The first-order chi connectivity index (χ1) is 13.2. The lowest BCUT2D eigenvalue weighted by Gasteiger charge is -2.64. The minimum absolute atomic E-state index is 0.0818. The van der Waals surface area contributed by atoms with Crippen LogP contribution < -0.4 is 0 Å². The van der Waals surface area contributed by atoms with Crippen molar-refractivity contribution in [2.75, 3.05) is 0 Å². The summed E-state index contributed by atoms with van der Waals surface area (Å²) in [5.74, 6) is 4.52. The highest BCUT2D eigenvalue weighted by molar-refractivity contribution is 5.13. The van der Waals surface area contributed by atoms with Gasteiger partial charge in [0.2, 0.25) is 0 Å². The summed E-state index contributed by atoms with van der Waals surface area (Å²) in [7, 11) is 0. The maximum atomic E-state index is 11.7. The fourth-order valence-corrected chi connectivity index (χ4v) is 9.72. The van der Waals surface area contributed by atoms with Crippen molar-refractivity contribution in [2.45, 2.75) is 111 Å². The lowest BCUT2D eigenvalue weighted by atomic mass is 9.41. The first kappa shape index (κ1) is 21.2. The number of fused-ring (bicyclic) bond motifs is 5. The summed E-state index contributed by atoms with van der Waals surface area (Å²) in [5, 5.41) is 21.7. The molecule has 0 spiro atoms. The van der Waals surface area contributed by atoms with Gasteiger partial charge in [-0.25, -0.2) is 0 Å². The van der Waals surface area contributed by atoms with Crippen molar-refractivity contribution < 1.29 is 10.2 Å². The molecule has 2 nitrogen and oxygen atoms in total. The number of aliphatic hydroxyl groups is 2. The summed E-state index contributed by atoms with van der Waals surface area (Å²) >= 11 is 0. The van der Waals surface area contributed by atoms with E-state index in [1.807, 2.05) is 6.92 Å². The Hall–Kier alpha value is -0.0800. The van der Waals surface area contributed by atoms with E-state index in [1.165, 1.54) is 51.4 Å². The summed E-state index contributed by atoms with van der Waals surface area (Å²) in [6, 6.07) is 0. The predicted molar refractivity (Wildman–Crippen MR) is 116 cm³/mol. The van der Waals surface area contributed by atoms with Crippen LogP contribution in [0, 0.1) is 52.3 Å². The second-order valence-electron chi connectivity index (χ2n) is 12.0. The largest absolute Gasteiger partial charge is 0.393 e.